The van der Waals surface area contributed by atoms with Crippen LogP contribution >= 0.6 is 23.1 Å². The van der Waals surface area contributed by atoms with Crippen molar-refractivity contribution in [1.82, 2.24) is 15.0 Å². The van der Waals surface area contributed by atoms with Gasteiger partial charge < -0.3 is 10.3 Å². The minimum absolute atomic E-state index is 0.000872. The normalized spacial score (nSPS) is 15.1. The van der Waals surface area contributed by atoms with Crippen molar-refractivity contribution in [1.29, 1.82) is 0 Å². The molecule has 0 saturated carbocycles. The Bertz CT molecular complexity index is 845. The average Bonchev–Trinajstić information content (AvgIpc) is 3.22. The molecule has 2 aromatic heterocycles. The Morgan fingerprint density at radius 3 is 3.00 bits per heavy atom. The highest BCUT2D eigenvalue weighted by Crippen LogP contribution is 2.31. The molecule has 130 valence electrons. The topological polar surface area (TPSA) is 70.7 Å². The van der Waals surface area contributed by atoms with E-state index < -0.39 is 0 Å². The van der Waals surface area contributed by atoms with Crippen LogP contribution in [0.1, 0.15) is 41.4 Å². The lowest BCUT2D eigenvalue weighted by molar-refractivity contribution is -0.113. The number of aromatic amines is 1. The fourth-order valence-corrected chi connectivity index (χ4v) is 4.81. The molecule has 0 aliphatic heterocycles. The highest BCUT2D eigenvalue weighted by molar-refractivity contribution is 8.00. The second kappa shape index (κ2) is 7.17. The van der Waals surface area contributed by atoms with Crippen molar-refractivity contribution in [3.8, 4) is 0 Å². The first-order chi connectivity index (χ1) is 12.2. The highest BCUT2D eigenvalue weighted by atomic mass is 32.2. The van der Waals surface area contributed by atoms with Gasteiger partial charge in [-0.15, -0.1) is 23.1 Å². The van der Waals surface area contributed by atoms with Gasteiger partial charge in [0.2, 0.25) is 5.91 Å². The molecule has 1 aliphatic carbocycles. The fraction of sp³-hybridized carbons (Fsp3) is 0.389. The fourth-order valence-electron chi connectivity index (χ4n) is 3.01. The first-order valence-electron chi connectivity index (χ1n) is 8.54. The Morgan fingerprint density at radius 2 is 2.16 bits per heavy atom. The molecule has 0 saturated heterocycles. The Morgan fingerprint density at radius 1 is 1.32 bits per heavy atom. The minimum Gasteiger partial charge on any atom is -0.341 e. The van der Waals surface area contributed by atoms with Crippen LogP contribution in [-0.4, -0.2) is 26.6 Å². The number of nitrogens with zero attached hydrogens (tertiary/aromatic N) is 2. The average molecular weight is 373 g/mol. The second-order valence-electron chi connectivity index (χ2n) is 6.24. The predicted molar refractivity (Wildman–Crippen MR) is 104 cm³/mol. The highest BCUT2D eigenvalue weighted by Gasteiger charge is 2.17. The maximum absolute atomic E-state index is 12.2. The number of thioether (sulfide) groups is 1. The first-order valence-corrected chi connectivity index (χ1v) is 10.4. The van der Waals surface area contributed by atoms with Crippen LogP contribution in [0, 0.1) is 0 Å². The zero-order chi connectivity index (χ0) is 17.2. The summed E-state index contributed by atoms with van der Waals surface area (Å²) in [4.78, 5) is 26.1. The van der Waals surface area contributed by atoms with Gasteiger partial charge in [0.1, 0.15) is 5.82 Å². The zero-order valence-electron chi connectivity index (χ0n) is 14.0. The molecule has 25 heavy (non-hydrogen) atoms. The molecule has 7 heteroatoms. The number of thiazole rings is 1. The van der Waals surface area contributed by atoms with Crippen LogP contribution in [0.3, 0.4) is 0 Å². The standard InChI is InChI=1S/C18H20N4OS2/c1-11(17-19-12-6-2-3-7-13(12)20-17)24-10-16(23)22-18-21-14-8-4-5-9-15(14)25-18/h2-3,6-7,11H,4-5,8-10H2,1H3,(H,19,20)(H,21,22,23). The van der Waals surface area contributed by atoms with Crippen molar-refractivity contribution < 1.29 is 4.79 Å². The van der Waals surface area contributed by atoms with Gasteiger partial charge in [-0.25, -0.2) is 9.97 Å². The molecular formula is C18H20N4OS2. The number of benzene rings is 1. The van der Waals surface area contributed by atoms with Crippen LogP contribution in [0.4, 0.5) is 5.13 Å². The summed E-state index contributed by atoms with van der Waals surface area (Å²) in [5, 5.41) is 3.82. The number of aryl methyl sites for hydroxylation is 2. The van der Waals surface area contributed by atoms with Gasteiger partial charge in [-0.3, -0.25) is 4.79 Å². The van der Waals surface area contributed by atoms with Crippen LogP contribution in [0.5, 0.6) is 0 Å². The van der Waals surface area contributed by atoms with E-state index in [0.29, 0.717) is 5.75 Å². The van der Waals surface area contributed by atoms with Gasteiger partial charge >= 0.3 is 0 Å². The van der Waals surface area contributed by atoms with E-state index in [1.54, 1.807) is 23.1 Å². The molecule has 0 bridgehead atoms. The van der Waals surface area contributed by atoms with E-state index in [0.717, 1.165) is 34.8 Å². The summed E-state index contributed by atoms with van der Waals surface area (Å²) in [6.07, 6.45) is 4.57. The third-order valence-electron chi connectivity index (χ3n) is 4.35. The largest absolute Gasteiger partial charge is 0.341 e. The van der Waals surface area contributed by atoms with Crippen molar-refractivity contribution in [3.63, 3.8) is 0 Å². The Kier molecular flexibility index (Phi) is 4.76. The summed E-state index contributed by atoms with van der Waals surface area (Å²) in [5.74, 6) is 1.30. The molecule has 1 aromatic carbocycles. The number of anilines is 1. The third-order valence-corrected chi connectivity index (χ3v) is 6.57. The smallest absolute Gasteiger partial charge is 0.236 e. The van der Waals surface area contributed by atoms with E-state index in [-0.39, 0.29) is 11.2 Å². The second-order valence-corrected chi connectivity index (χ2v) is 8.65. The molecule has 5 nitrogen and oxygen atoms in total. The van der Waals surface area contributed by atoms with E-state index in [2.05, 4.69) is 27.2 Å². The number of para-hydroxylation sites is 2. The Labute approximate surface area is 154 Å². The summed E-state index contributed by atoms with van der Waals surface area (Å²) >= 11 is 3.20. The molecule has 0 spiro atoms. The number of hydrogen-bond donors (Lipinski definition) is 2. The van der Waals surface area contributed by atoms with Gasteiger partial charge in [0, 0.05) is 4.88 Å². The Balaban J connectivity index is 1.34. The van der Waals surface area contributed by atoms with E-state index in [4.69, 9.17) is 0 Å². The molecule has 1 amide bonds. The minimum atomic E-state index is -0.000872. The van der Waals surface area contributed by atoms with Gasteiger partial charge in [0.15, 0.2) is 5.13 Å². The molecule has 1 aliphatic rings. The summed E-state index contributed by atoms with van der Waals surface area (Å²) in [7, 11) is 0. The molecular weight excluding hydrogens is 352 g/mol. The third kappa shape index (κ3) is 3.72. The van der Waals surface area contributed by atoms with E-state index >= 15 is 0 Å². The zero-order valence-corrected chi connectivity index (χ0v) is 15.7. The van der Waals surface area contributed by atoms with Crippen LogP contribution in [0.15, 0.2) is 24.3 Å². The quantitative estimate of drug-likeness (QED) is 0.699. The number of carbonyl (C=O) groups is 1. The van der Waals surface area contributed by atoms with Crippen LogP contribution in [0.2, 0.25) is 0 Å². The van der Waals surface area contributed by atoms with Crippen molar-refractivity contribution in [2.24, 2.45) is 0 Å². The summed E-state index contributed by atoms with van der Waals surface area (Å²) in [6, 6.07) is 7.97. The SMILES string of the molecule is CC(SCC(=O)Nc1nc2c(s1)CCCC2)c1nc2ccccc2[nH]1. The molecule has 3 aromatic rings. The summed E-state index contributed by atoms with van der Waals surface area (Å²) in [5.41, 5.74) is 3.17. The van der Waals surface area contributed by atoms with Crippen molar-refractivity contribution >= 4 is 45.2 Å². The molecule has 4 rings (SSSR count). The number of H-pyrrole nitrogens is 1. The lowest BCUT2D eigenvalue weighted by atomic mass is 10.0. The number of rotatable bonds is 5. The summed E-state index contributed by atoms with van der Waals surface area (Å²) < 4.78 is 0. The predicted octanol–water partition coefficient (Wildman–Crippen LogP) is 4.33. The van der Waals surface area contributed by atoms with Crippen molar-refractivity contribution in [3.05, 3.63) is 40.7 Å². The van der Waals surface area contributed by atoms with Gasteiger partial charge in [0.05, 0.1) is 27.7 Å². The first kappa shape index (κ1) is 16.6. The number of amides is 1. The lowest BCUT2D eigenvalue weighted by Gasteiger charge is -2.07. The summed E-state index contributed by atoms with van der Waals surface area (Å²) in [6.45, 7) is 2.07. The van der Waals surface area contributed by atoms with Gasteiger partial charge in [-0.2, -0.15) is 0 Å². The number of fused-ring (bicyclic) bond motifs is 2. The Hall–Kier alpha value is -1.86. The van der Waals surface area contributed by atoms with E-state index in [1.807, 2.05) is 24.3 Å². The van der Waals surface area contributed by atoms with Gasteiger partial charge in [-0.1, -0.05) is 12.1 Å². The van der Waals surface area contributed by atoms with Crippen molar-refractivity contribution in [2.45, 2.75) is 37.9 Å². The van der Waals surface area contributed by atoms with Gasteiger partial charge in [0.25, 0.3) is 0 Å². The maximum Gasteiger partial charge on any atom is 0.236 e. The van der Waals surface area contributed by atoms with Gasteiger partial charge in [-0.05, 0) is 44.7 Å². The molecule has 2 heterocycles. The maximum atomic E-state index is 12.2. The van der Waals surface area contributed by atoms with Crippen molar-refractivity contribution in [2.75, 3.05) is 11.1 Å². The van der Waals surface area contributed by atoms with Crippen LogP contribution in [-0.2, 0) is 17.6 Å². The monoisotopic (exact) mass is 372 g/mol. The molecule has 1 unspecified atom stereocenters. The molecule has 1 atom stereocenters. The number of aromatic nitrogens is 3. The number of imidazole rings is 1. The molecule has 2 N–H and O–H groups in total. The van der Waals surface area contributed by atoms with E-state index in [1.165, 1.54) is 23.4 Å². The number of hydrogen-bond acceptors (Lipinski definition) is 5. The van der Waals surface area contributed by atoms with Crippen LogP contribution < -0.4 is 5.32 Å². The van der Waals surface area contributed by atoms with E-state index in [9.17, 15) is 4.79 Å². The molecule has 0 radical (unpaired) electrons. The lowest BCUT2D eigenvalue weighted by Crippen LogP contribution is -2.14. The van der Waals surface area contributed by atoms with Crippen LogP contribution in [0.25, 0.3) is 11.0 Å². The number of nitrogens with one attached hydrogen (secondary N) is 2. The number of carbonyl (C=O) groups excluding carboxylic acids is 1. The molecule has 0 fully saturated rings.